The fraction of sp³-hybridized carbons (Fsp3) is 0.615. The number of carboxylic acid groups (broad SMARTS) is 1. The zero-order valence-electron chi connectivity index (χ0n) is 11.5. The number of rotatable bonds is 8. The molecular formula is C13H19N3O4. The van der Waals surface area contributed by atoms with E-state index in [1.165, 1.54) is 16.8 Å². The Labute approximate surface area is 117 Å². The van der Waals surface area contributed by atoms with Gasteiger partial charge in [-0.15, -0.1) is 6.42 Å². The fourth-order valence-electron chi connectivity index (χ4n) is 1.60. The molecule has 0 saturated heterocycles. The number of hydrogen-bond donors (Lipinski definition) is 2. The van der Waals surface area contributed by atoms with Crippen LogP contribution in [0.5, 0.6) is 0 Å². The molecule has 0 bridgehead atoms. The van der Waals surface area contributed by atoms with Crippen LogP contribution < -0.4 is 5.32 Å². The number of nitrogens with zero attached hydrogens (tertiary/aromatic N) is 2. The minimum Gasteiger partial charge on any atom is -0.480 e. The second kappa shape index (κ2) is 7.50. The monoisotopic (exact) mass is 281 g/mol. The summed E-state index contributed by atoms with van der Waals surface area (Å²) < 4.78 is 0. The molecule has 1 saturated carbocycles. The third-order valence-electron chi connectivity index (χ3n) is 2.78. The van der Waals surface area contributed by atoms with E-state index in [0.29, 0.717) is 0 Å². The van der Waals surface area contributed by atoms with Crippen molar-refractivity contribution in [1.82, 2.24) is 15.1 Å². The Morgan fingerprint density at radius 3 is 2.45 bits per heavy atom. The highest BCUT2D eigenvalue weighted by atomic mass is 16.4. The molecule has 2 amide bonds. The molecule has 0 atom stereocenters. The Kier molecular flexibility index (Phi) is 6.00. The van der Waals surface area contributed by atoms with Crippen LogP contribution in [0, 0.1) is 12.3 Å². The number of nitrogens with one attached hydrogen (secondary N) is 1. The molecule has 0 aromatic heterocycles. The number of carbonyl (C=O) groups is 3. The van der Waals surface area contributed by atoms with E-state index in [1.54, 1.807) is 0 Å². The van der Waals surface area contributed by atoms with E-state index in [2.05, 4.69) is 11.2 Å². The molecule has 1 rings (SSSR count). The van der Waals surface area contributed by atoms with Crippen molar-refractivity contribution in [3.05, 3.63) is 0 Å². The molecule has 110 valence electrons. The van der Waals surface area contributed by atoms with E-state index in [0.717, 1.165) is 12.8 Å². The van der Waals surface area contributed by atoms with Gasteiger partial charge in [0, 0.05) is 13.1 Å². The summed E-state index contributed by atoms with van der Waals surface area (Å²) >= 11 is 0. The lowest BCUT2D eigenvalue weighted by Gasteiger charge is -2.22. The van der Waals surface area contributed by atoms with Gasteiger partial charge in [-0.05, 0) is 12.8 Å². The molecule has 7 heteroatoms. The van der Waals surface area contributed by atoms with E-state index < -0.39 is 5.97 Å². The van der Waals surface area contributed by atoms with Gasteiger partial charge in [-0.3, -0.25) is 19.3 Å². The third kappa shape index (κ3) is 6.20. The zero-order chi connectivity index (χ0) is 15.1. The van der Waals surface area contributed by atoms with Gasteiger partial charge in [0.25, 0.3) is 0 Å². The van der Waals surface area contributed by atoms with Crippen molar-refractivity contribution in [2.75, 3.05) is 33.2 Å². The van der Waals surface area contributed by atoms with Gasteiger partial charge in [0.1, 0.15) is 0 Å². The maximum Gasteiger partial charge on any atom is 0.317 e. The summed E-state index contributed by atoms with van der Waals surface area (Å²) in [5.74, 6) is 0.708. The molecule has 0 aliphatic heterocycles. The summed E-state index contributed by atoms with van der Waals surface area (Å²) in [5.41, 5.74) is 0. The largest absolute Gasteiger partial charge is 0.480 e. The van der Waals surface area contributed by atoms with Crippen molar-refractivity contribution in [1.29, 1.82) is 0 Å². The third-order valence-corrected chi connectivity index (χ3v) is 2.78. The van der Waals surface area contributed by atoms with Crippen LogP contribution in [-0.2, 0) is 14.4 Å². The summed E-state index contributed by atoms with van der Waals surface area (Å²) in [6.07, 6.45) is 7.09. The van der Waals surface area contributed by atoms with Gasteiger partial charge >= 0.3 is 5.97 Å². The maximum absolute atomic E-state index is 11.9. The van der Waals surface area contributed by atoms with Crippen LogP contribution >= 0.6 is 0 Å². The van der Waals surface area contributed by atoms with Gasteiger partial charge in [-0.25, -0.2) is 0 Å². The smallest absolute Gasteiger partial charge is 0.317 e. The number of carbonyl (C=O) groups excluding carboxylic acids is 2. The Balaban J connectivity index is 2.39. The summed E-state index contributed by atoms with van der Waals surface area (Å²) in [4.78, 5) is 36.7. The molecule has 0 radical (unpaired) electrons. The van der Waals surface area contributed by atoms with E-state index in [1.807, 2.05) is 0 Å². The van der Waals surface area contributed by atoms with Crippen molar-refractivity contribution in [2.45, 2.75) is 18.9 Å². The zero-order valence-corrected chi connectivity index (χ0v) is 11.5. The second-order valence-electron chi connectivity index (χ2n) is 4.83. The van der Waals surface area contributed by atoms with Crippen molar-refractivity contribution < 1.29 is 19.5 Å². The van der Waals surface area contributed by atoms with E-state index >= 15 is 0 Å². The van der Waals surface area contributed by atoms with Crippen LogP contribution in [0.25, 0.3) is 0 Å². The normalized spacial score (nSPS) is 13.7. The van der Waals surface area contributed by atoms with Crippen LogP contribution in [0.1, 0.15) is 12.8 Å². The Hall–Kier alpha value is -2.07. The highest BCUT2D eigenvalue weighted by Gasteiger charge is 2.24. The first-order valence-corrected chi connectivity index (χ1v) is 6.33. The predicted molar refractivity (Wildman–Crippen MR) is 71.7 cm³/mol. The average Bonchev–Trinajstić information content (AvgIpc) is 3.11. The number of amides is 2. The molecule has 0 spiro atoms. The first-order chi connectivity index (χ1) is 9.42. The van der Waals surface area contributed by atoms with E-state index in [-0.39, 0.29) is 44.0 Å². The van der Waals surface area contributed by atoms with Crippen LogP contribution in [0.2, 0.25) is 0 Å². The van der Waals surface area contributed by atoms with Crippen LogP contribution in [0.4, 0.5) is 0 Å². The SMILES string of the molecule is C#CCN(CC(=O)O)CC(=O)N(C)CC(=O)NC1CC1. The first kappa shape index (κ1) is 16.0. The van der Waals surface area contributed by atoms with Gasteiger partial charge in [0.05, 0.1) is 26.2 Å². The Morgan fingerprint density at radius 1 is 1.30 bits per heavy atom. The number of aliphatic carboxylic acids is 1. The Bertz CT molecular complexity index is 426. The van der Waals surface area contributed by atoms with Gasteiger partial charge < -0.3 is 15.3 Å². The number of hydrogen-bond acceptors (Lipinski definition) is 4. The van der Waals surface area contributed by atoms with Crippen molar-refractivity contribution in [3.63, 3.8) is 0 Å². The molecule has 0 unspecified atom stereocenters. The number of terminal acetylenes is 1. The highest BCUT2D eigenvalue weighted by molar-refractivity contribution is 5.86. The fourth-order valence-corrected chi connectivity index (χ4v) is 1.60. The molecule has 0 aromatic rings. The summed E-state index contributed by atoms with van der Waals surface area (Å²) in [6.45, 7) is -0.395. The summed E-state index contributed by atoms with van der Waals surface area (Å²) in [7, 11) is 1.50. The van der Waals surface area contributed by atoms with Crippen LogP contribution in [0.15, 0.2) is 0 Å². The summed E-state index contributed by atoms with van der Waals surface area (Å²) in [5, 5.41) is 11.5. The van der Waals surface area contributed by atoms with Gasteiger partial charge in [-0.2, -0.15) is 0 Å². The predicted octanol–water partition coefficient (Wildman–Crippen LogP) is -1.26. The lowest BCUT2D eigenvalue weighted by atomic mass is 10.4. The highest BCUT2D eigenvalue weighted by Crippen LogP contribution is 2.18. The number of carboxylic acids is 1. The second-order valence-corrected chi connectivity index (χ2v) is 4.83. The lowest BCUT2D eigenvalue weighted by Crippen LogP contribution is -2.44. The van der Waals surface area contributed by atoms with Crippen LogP contribution in [0.3, 0.4) is 0 Å². The minimum atomic E-state index is -1.05. The molecule has 20 heavy (non-hydrogen) atoms. The molecule has 0 aromatic carbocycles. The molecule has 1 fully saturated rings. The molecule has 0 heterocycles. The van der Waals surface area contributed by atoms with E-state index in [9.17, 15) is 14.4 Å². The maximum atomic E-state index is 11.9. The van der Waals surface area contributed by atoms with Gasteiger partial charge in [-0.1, -0.05) is 5.92 Å². The molecule has 2 N–H and O–H groups in total. The van der Waals surface area contributed by atoms with E-state index in [4.69, 9.17) is 11.5 Å². The van der Waals surface area contributed by atoms with Gasteiger partial charge in [0.15, 0.2) is 0 Å². The minimum absolute atomic E-state index is 0.0354. The molecule has 1 aliphatic rings. The van der Waals surface area contributed by atoms with Crippen LogP contribution in [-0.4, -0.2) is 72.0 Å². The average molecular weight is 281 g/mol. The topological polar surface area (TPSA) is 90.0 Å². The van der Waals surface area contributed by atoms with Crippen molar-refractivity contribution in [3.8, 4) is 12.3 Å². The molecule has 7 nitrogen and oxygen atoms in total. The molecular weight excluding hydrogens is 262 g/mol. The quantitative estimate of drug-likeness (QED) is 0.542. The first-order valence-electron chi connectivity index (χ1n) is 6.33. The van der Waals surface area contributed by atoms with Gasteiger partial charge in [0.2, 0.25) is 11.8 Å². The standard InChI is InChI=1S/C13H19N3O4/c1-3-6-16(9-13(19)20)8-12(18)15(2)7-11(17)14-10-4-5-10/h1,10H,4-9H2,2H3,(H,14,17)(H,19,20). The lowest BCUT2D eigenvalue weighted by molar-refractivity contribution is -0.140. The molecule has 1 aliphatic carbocycles. The Morgan fingerprint density at radius 2 is 1.95 bits per heavy atom. The number of likely N-dealkylation sites (N-methyl/N-ethyl adjacent to an activating group) is 1. The van der Waals surface area contributed by atoms with Crippen molar-refractivity contribution >= 4 is 17.8 Å². The van der Waals surface area contributed by atoms with Crippen molar-refractivity contribution in [2.24, 2.45) is 0 Å². The summed E-state index contributed by atoms with van der Waals surface area (Å²) in [6, 6.07) is 0.246.